The van der Waals surface area contributed by atoms with E-state index in [0.717, 1.165) is 11.3 Å². The lowest BCUT2D eigenvalue weighted by Gasteiger charge is -2.03. The predicted molar refractivity (Wildman–Crippen MR) is 71.1 cm³/mol. The van der Waals surface area contributed by atoms with Gasteiger partial charge in [0.1, 0.15) is 6.20 Å². The zero-order chi connectivity index (χ0) is 13.1. The first kappa shape index (κ1) is 12.6. The van der Waals surface area contributed by atoms with Crippen LogP contribution in [0, 0.1) is 0 Å². The molecule has 0 N–H and O–H groups in total. The number of aryl methyl sites for hydroxylation is 1. The highest BCUT2D eigenvalue weighted by molar-refractivity contribution is 5.80. The van der Waals surface area contributed by atoms with Crippen LogP contribution < -0.4 is 4.57 Å². The van der Waals surface area contributed by atoms with Gasteiger partial charge in [0.25, 0.3) is 0 Å². The highest BCUT2D eigenvalue weighted by Gasteiger charge is 2.21. The number of benzene rings is 1. The van der Waals surface area contributed by atoms with Crippen molar-refractivity contribution in [1.29, 1.82) is 0 Å². The van der Waals surface area contributed by atoms with E-state index in [1.54, 1.807) is 0 Å². The molecular formula is C15H19N2O+. The number of ketones is 1. The fourth-order valence-corrected chi connectivity index (χ4v) is 2.09. The van der Waals surface area contributed by atoms with Crippen molar-refractivity contribution < 1.29 is 9.36 Å². The molecule has 0 aliphatic rings. The molecule has 1 unspecified atom stereocenters. The summed E-state index contributed by atoms with van der Waals surface area (Å²) in [5.74, 6) is 0.255. The lowest BCUT2D eigenvalue weighted by molar-refractivity contribution is -0.705. The zero-order valence-corrected chi connectivity index (χ0v) is 11.1. The van der Waals surface area contributed by atoms with Crippen molar-refractivity contribution in [2.45, 2.75) is 26.3 Å². The van der Waals surface area contributed by atoms with Gasteiger partial charge in [0.05, 0.1) is 7.05 Å². The third-order valence-electron chi connectivity index (χ3n) is 3.29. The van der Waals surface area contributed by atoms with Gasteiger partial charge in [-0.1, -0.05) is 37.3 Å². The second-order valence-electron chi connectivity index (χ2n) is 4.55. The molecule has 18 heavy (non-hydrogen) atoms. The fraction of sp³-hybridized carbons (Fsp3) is 0.333. The number of carbonyl (C=O) groups excluding carboxylic acids is 1. The zero-order valence-electron chi connectivity index (χ0n) is 11.1. The van der Waals surface area contributed by atoms with E-state index in [1.165, 1.54) is 0 Å². The van der Waals surface area contributed by atoms with E-state index in [2.05, 4.69) is 16.7 Å². The molecule has 0 spiro atoms. The fourth-order valence-electron chi connectivity index (χ4n) is 2.09. The molecule has 2 aromatic rings. The first-order valence-electron chi connectivity index (χ1n) is 6.28. The Morgan fingerprint density at radius 2 is 2.00 bits per heavy atom. The van der Waals surface area contributed by atoms with Gasteiger partial charge in [-0.05, 0) is 6.92 Å². The van der Waals surface area contributed by atoms with Crippen LogP contribution in [-0.2, 0) is 11.8 Å². The van der Waals surface area contributed by atoms with Gasteiger partial charge < -0.3 is 0 Å². The first-order chi connectivity index (χ1) is 8.63. The topological polar surface area (TPSA) is 25.9 Å². The molecule has 0 aliphatic heterocycles. The van der Waals surface area contributed by atoms with Gasteiger partial charge in [-0.15, -0.1) is 0 Å². The monoisotopic (exact) mass is 243 g/mol. The van der Waals surface area contributed by atoms with E-state index in [4.69, 9.17) is 0 Å². The predicted octanol–water partition coefficient (Wildman–Crippen LogP) is 2.52. The van der Waals surface area contributed by atoms with Crippen LogP contribution in [0.15, 0.2) is 42.9 Å². The van der Waals surface area contributed by atoms with Crippen molar-refractivity contribution >= 4 is 5.78 Å². The lowest BCUT2D eigenvalue weighted by atomic mass is 10.1. The molecule has 3 nitrogen and oxygen atoms in total. The molecule has 1 aromatic carbocycles. The Hall–Kier alpha value is -1.90. The van der Waals surface area contributed by atoms with Gasteiger partial charge in [-0.25, -0.2) is 9.13 Å². The minimum Gasteiger partial charge on any atom is -0.295 e. The standard InChI is InChI=1S/C15H19N2O/c1-4-15(18)12(2)17-10-14(16(3)11-17)13-8-6-5-7-9-13/h5-12H,4H2,1-3H3/q+1. The number of aromatic nitrogens is 2. The van der Waals surface area contributed by atoms with Crippen LogP contribution in [0.2, 0.25) is 0 Å². The molecule has 0 saturated heterocycles. The molecule has 1 atom stereocenters. The number of nitrogens with zero attached hydrogens (tertiary/aromatic N) is 2. The van der Waals surface area contributed by atoms with Crippen LogP contribution >= 0.6 is 0 Å². The van der Waals surface area contributed by atoms with E-state index in [1.807, 2.05) is 56.2 Å². The van der Waals surface area contributed by atoms with Crippen LogP contribution in [-0.4, -0.2) is 10.4 Å². The van der Waals surface area contributed by atoms with Crippen molar-refractivity contribution in [3.8, 4) is 11.3 Å². The Morgan fingerprint density at radius 1 is 1.33 bits per heavy atom. The van der Waals surface area contributed by atoms with E-state index < -0.39 is 0 Å². The SMILES string of the molecule is CCC(=O)C(C)[n+]1cc(-c2ccccc2)n(C)c1. The maximum absolute atomic E-state index is 11.7. The van der Waals surface area contributed by atoms with Crippen LogP contribution in [0.5, 0.6) is 0 Å². The van der Waals surface area contributed by atoms with Crippen molar-refractivity contribution in [2.75, 3.05) is 0 Å². The van der Waals surface area contributed by atoms with Gasteiger partial charge in [0.2, 0.25) is 6.33 Å². The molecule has 2 rings (SSSR count). The highest BCUT2D eigenvalue weighted by Crippen LogP contribution is 2.17. The number of hydrogen-bond donors (Lipinski definition) is 0. The number of imidazole rings is 1. The Morgan fingerprint density at radius 3 is 2.61 bits per heavy atom. The Balaban J connectivity index is 2.36. The summed E-state index contributed by atoms with van der Waals surface area (Å²) >= 11 is 0. The minimum atomic E-state index is -0.0985. The number of Topliss-reactive ketones (excluding diaryl/α,β-unsaturated/α-hetero) is 1. The highest BCUT2D eigenvalue weighted by atomic mass is 16.1. The molecule has 0 saturated carbocycles. The van der Waals surface area contributed by atoms with Gasteiger partial charge in [0.15, 0.2) is 17.5 Å². The molecule has 0 fully saturated rings. The summed E-state index contributed by atoms with van der Waals surface area (Å²) in [4.78, 5) is 11.7. The van der Waals surface area contributed by atoms with E-state index in [0.29, 0.717) is 6.42 Å². The number of hydrogen-bond acceptors (Lipinski definition) is 1. The number of carbonyl (C=O) groups is 1. The number of rotatable bonds is 4. The maximum Gasteiger partial charge on any atom is 0.244 e. The van der Waals surface area contributed by atoms with Crippen LogP contribution in [0.1, 0.15) is 26.3 Å². The summed E-state index contributed by atoms with van der Waals surface area (Å²) in [5.41, 5.74) is 2.28. The summed E-state index contributed by atoms with van der Waals surface area (Å²) in [6.45, 7) is 3.85. The van der Waals surface area contributed by atoms with Gasteiger partial charge >= 0.3 is 0 Å². The van der Waals surface area contributed by atoms with Crippen LogP contribution in [0.3, 0.4) is 0 Å². The Kier molecular flexibility index (Phi) is 3.60. The quantitative estimate of drug-likeness (QED) is 0.758. The summed E-state index contributed by atoms with van der Waals surface area (Å²) in [5, 5.41) is 0. The molecule has 94 valence electrons. The van der Waals surface area contributed by atoms with Gasteiger partial charge in [0, 0.05) is 12.0 Å². The second-order valence-corrected chi connectivity index (χ2v) is 4.55. The van der Waals surface area contributed by atoms with E-state index in [-0.39, 0.29) is 11.8 Å². The van der Waals surface area contributed by atoms with Crippen molar-refractivity contribution in [2.24, 2.45) is 7.05 Å². The molecule has 1 heterocycles. The lowest BCUT2D eigenvalue weighted by Crippen LogP contribution is -2.40. The average molecular weight is 243 g/mol. The maximum atomic E-state index is 11.7. The molecule has 0 radical (unpaired) electrons. The molecule has 1 aromatic heterocycles. The van der Waals surface area contributed by atoms with Crippen molar-refractivity contribution in [3.63, 3.8) is 0 Å². The minimum absolute atomic E-state index is 0.0985. The Bertz CT molecular complexity index is 543. The van der Waals surface area contributed by atoms with E-state index >= 15 is 0 Å². The third-order valence-corrected chi connectivity index (χ3v) is 3.29. The molecular weight excluding hydrogens is 224 g/mol. The van der Waals surface area contributed by atoms with E-state index in [9.17, 15) is 4.79 Å². The van der Waals surface area contributed by atoms with Crippen LogP contribution in [0.25, 0.3) is 11.3 Å². The second kappa shape index (κ2) is 5.17. The van der Waals surface area contributed by atoms with Gasteiger partial charge in [-0.2, -0.15) is 0 Å². The summed E-state index contributed by atoms with van der Waals surface area (Å²) in [7, 11) is 2.00. The van der Waals surface area contributed by atoms with Crippen LogP contribution in [0.4, 0.5) is 0 Å². The largest absolute Gasteiger partial charge is 0.295 e. The average Bonchev–Trinajstić information content (AvgIpc) is 2.80. The molecule has 0 bridgehead atoms. The molecule has 0 aliphatic carbocycles. The summed E-state index contributed by atoms with van der Waals surface area (Å²) in [6, 6.07) is 10.1. The first-order valence-corrected chi connectivity index (χ1v) is 6.28. The molecule has 0 amide bonds. The van der Waals surface area contributed by atoms with Gasteiger partial charge in [-0.3, -0.25) is 4.79 Å². The smallest absolute Gasteiger partial charge is 0.244 e. The Labute approximate surface area is 108 Å². The summed E-state index contributed by atoms with van der Waals surface area (Å²) < 4.78 is 4.03. The van der Waals surface area contributed by atoms with Crippen molar-refractivity contribution in [1.82, 2.24) is 4.57 Å². The molecule has 3 heteroatoms. The third kappa shape index (κ3) is 2.35. The van der Waals surface area contributed by atoms with Crippen molar-refractivity contribution in [3.05, 3.63) is 42.9 Å². The normalized spacial score (nSPS) is 12.4. The summed E-state index contributed by atoms with van der Waals surface area (Å²) in [6.07, 6.45) is 4.58.